The first kappa shape index (κ1) is 21.0. The van der Waals surface area contributed by atoms with Crippen molar-refractivity contribution in [1.29, 1.82) is 0 Å². The number of rotatable bonds is 2. The van der Waals surface area contributed by atoms with Crippen LogP contribution in [0.15, 0.2) is 33.2 Å². The van der Waals surface area contributed by atoms with Crippen LogP contribution in [-0.2, 0) is 12.4 Å². The Bertz CT molecular complexity index is 813. The molecule has 0 heterocycles. The Hall–Kier alpha value is -1.35. The smallest absolute Gasteiger partial charge is 0.289 e. The molecule has 0 saturated carbocycles. The van der Waals surface area contributed by atoms with Crippen LogP contribution < -0.4 is 0 Å². The lowest BCUT2D eigenvalue weighted by Gasteiger charge is -2.17. The number of alkyl halides is 6. The van der Waals surface area contributed by atoms with Crippen molar-refractivity contribution >= 4 is 37.6 Å². The van der Waals surface area contributed by atoms with Crippen LogP contribution in [-0.4, -0.2) is 5.78 Å². The first-order valence-electron chi connectivity index (χ1n) is 7.04. The Morgan fingerprint density at radius 3 is 1.31 bits per heavy atom. The molecule has 0 saturated heterocycles. The van der Waals surface area contributed by atoms with Gasteiger partial charge in [-0.1, -0.05) is 12.1 Å². The summed E-state index contributed by atoms with van der Waals surface area (Å²) in [6.07, 6.45) is -9.44. The molecular weight excluding hydrogens is 494 g/mol. The van der Waals surface area contributed by atoms with Crippen LogP contribution in [0.4, 0.5) is 26.3 Å². The van der Waals surface area contributed by atoms with Crippen LogP contribution >= 0.6 is 31.9 Å². The van der Waals surface area contributed by atoms with Crippen LogP contribution in [0.25, 0.3) is 0 Å². The third-order valence-electron chi connectivity index (χ3n) is 3.76. The molecule has 0 atom stereocenters. The van der Waals surface area contributed by atoms with Crippen molar-refractivity contribution in [2.24, 2.45) is 0 Å². The SMILES string of the molecule is Cc1ccc(C(=O)c2ccc(C)c(C(F)(F)F)c2Br)c(Br)c1C(F)(F)F. The van der Waals surface area contributed by atoms with Crippen molar-refractivity contribution in [3.8, 4) is 0 Å². The molecule has 0 unspecified atom stereocenters. The molecule has 0 N–H and O–H groups in total. The minimum absolute atomic E-state index is 0.111. The summed E-state index contributed by atoms with van der Waals surface area (Å²) in [6.45, 7) is 2.46. The number of aryl methyl sites for hydroxylation is 2. The fourth-order valence-electron chi connectivity index (χ4n) is 2.54. The predicted molar refractivity (Wildman–Crippen MR) is 91.2 cm³/mol. The fourth-order valence-corrected chi connectivity index (χ4v) is 4.24. The zero-order chi connectivity index (χ0) is 20.0. The first-order valence-corrected chi connectivity index (χ1v) is 8.62. The molecule has 0 spiro atoms. The van der Waals surface area contributed by atoms with Gasteiger partial charge in [0.05, 0.1) is 11.1 Å². The molecule has 26 heavy (non-hydrogen) atoms. The van der Waals surface area contributed by atoms with Crippen molar-refractivity contribution in [3.05, 3.63) is 66.6 Å². The Labute approximate surface area is 161 Å². The highest BCUT2D eigenvalue weighted by Gasteiger charge is 2.38. The normalized spacial score (nSPS) is 12.4. The lowest BCUT2D eigenvalue weighted by Crippen LogP contribution is -2.15. The molecule has 140 valence electrons. The van der Waals surface area contributed by atoms with E-state index in [9.17, 15) is 31.1 Å². The van der Waals surface area contributed by atoms with Crippen molar-refractivity contribution in [1.82, 2.24) is 0 Å². The van der Waals surface area contributed by atoms with Gasteiger partial charge >= 0.3 is 12.4 Å². The summed E-state index contributed by atoms with van der Waals surface area (Å²) in [5.74, 6) is -0.959. The summed E-state index contributed by atoms with van der Waals surface area (Å²) in [5.41, 5.74) is -3.05. The van der Waals surface area contributed by atoms with Gasteiger partial charge in [-0.15, -0.1) is 0 Å². The average Bonchev–Trinajstić information content (AvgIpc) is 2.43. The average molecular weight is 504 g/mol. The van der Waals surface area contributed by atoms with Gasteiger partial charge < -0.3 is 0 Å². The molecule has 0 radical (unpaired) electrons. The quantitative estimate of drug-likeness (QED) is 0.315. The minimum Gasteiger partial charge on any atom is -0.289 e. The number of carbonyl (C=O) groups is 1. The van der Waals surface area contributed by atoms with Gasteiger partial charge in [-0.2, -0.15) is 26.3 Å². The Balaban J connectivity index is 2.69. The Kier molecular flexibility index (Phi) is 5.64. The Morgan fingerprint density at radius 2 is 1.04 bits per heavy atom. The van der Waals surface area contributed by atoms with Crippen molar-refractivity contribution in [3.63, 3.8) is 0 Å². The van der Waals surface area contributed by atoms with Crippen LogP contribution in [0.1, 0.15) is 38.2 Å². The topological polar surface area (TPSA) is 17.1 Å². The van der Waals surface area contributed by atoms with E-state index in [-0.39, 0.29) is 22.3 Å². The maximum Gasteiger partial charge on any atom is 0.417 e. The lowest BCUT2D eigenvalue weighted by atomic mass is 9.95. The van der Waals surface area contributed by atoms with Crippen molar-refractivity contribution < 1.29 is 31.1 Å². The molecule has 2 rings (SSSR count). The molecule has 0 aliphatic carbocycles. The van der Waals surface area contributed by atoms with E-state index in [1.165, 1.54) is 13.8 Å². The van der Waals surface area contributed by atoms with E-state index < -0.39 is 38.2 Å². The van der Waals surface area contributed by atoms with E-state index in [0.717, 1.165) is 24.3 Å². The molecule has 2 aromatic rings. The Morgan fingerprint density at radius 1 is 0.731 bits per heavy atom. The zero-order valence-corrected chi connectivity index (χ0v) is 16.4. The molecule has 0 bridgehead atoms. The lowest BCUT2D eigenvalue weighted by molar-refractivity contribution is -0.139. The second-order valence-corrected chi connectivity index (χ2v) is 7.15. The van der Waals surface area contributed by atoms with Gasteiger partial charge in [0, 0.05) is 20.1 Å². The van der Waals surface area contributed by atoms with E-state index in [1.807, 2.05) is 0 Å². The monoisotopic (exact) mass is 502 g/mol. The van der Waals surface area contributed by atoms with Crippen LogP contribution in [0.5, 0.6) is 0 Å². The van der Waals surface area contributed by atoms with Crippen molar-refractivity contribution in [2.45, 2.75) is 26.2 Å². The summed E-state index contributed by atoms with van der Waals surface area (Å²) in [5, 5.41) is 0. The van der Waals surface area contributed by atoms with Gasteiger partial charge in [0.15, 0.2) is 5.78 Å². The number of ketones is 1. The van der Waals surface area contributed by atoms with Gasteiger partial charge in [0.2, 0.25) is 0 Å². The van der Waals surface area contributed by atoms with Crippen LogP contribution in [0.2, 0.25) is 0 Å². The standard InChI is InChI=1S/C17H10Br2F6O/c1-7-3-5-9(13(18)11(7)16(20,21)22)15(26)10-6-4-8(2)12(14(10)19)17(23,24)25/h3-6H,1-2H3. The molecule has 9 heteroatoms. The molecule has 0 fully saturated rings. The van der Waals surface area contributed by atoms with Gasteiger partial charge in [0.1, 0.15) is 0 Å². The molecule has 0 aromatic heterocycles. The summed E-state index contributed by atoms with van der Waals surface area (Å²) in [4.78, 5) is 12.7. The largest absolute Gasteiger partial charge is 0.417 e. The summed E-state index contributed by atoms with van der Waals surface area (Å²) in [6, 6.07) is 4.51. The zero-order valence-electron chi connectivity index (χ0n) is 13.2. The molecule has 0 aliphatic heterocycles. The van der Waals surface area contributed by atoms with Gasteiger partial charge in [-0.25, -0.2) is 0 Å². The number of benzene rings is 2. The first-order chi connectivity index (χ1) is 11.8. The molecular formula is C17H10Br2F6O. The van der Waals surface area contributed by atoms with Gasteiger partial charge in [-0.05, 0) is 69.0 Å². The molecule has 2 aromatic carbocycles. The summed E-state index contributed by atoms with van der Waals surface area (Å²) < 4.78 is 78.2. The molecule has 1 nitrogen and oxygen atoms in total. The molecule has 0 amide bonds. The number of hydrogen-bond donors (Lipinski definition) is 0. The number of hydrogen-bond acceptors (Lipinski definition) is 1. The summed E-state index contributed by atoms with van der Waals surface area (Å²) in [7, 11) is 0. The maximum atomic E-state index is 13.2. The number of halogens is 8. The second-order valence-electron chi connectivity index (χ2n) is 5.56. The predicted octanol–water partition coefficient (Wildman–Crippen LogP) is 7.10. The van der Waals surface area contributed by atoms with Gasteiger partial charge in [-0.3, -0.25) is 4.79 Å². The van der Waals surface area contributed by atoms with E-state index in [4.69, 9.17) is 0 Å². The highest BCUT2D eigenvalue weighted by atomic mass is 79.9. The third-order valence-corrected chi connectivity index (χ3v) is 5.40. The van der Waals surface area contributed by atoms with E-state index in [1.54, 1.807) is 0 Å². The third kappa shape index (κ3) is 3.83. The van der Waals surface area contributed by atoms with Crippen LogP contribution in [0, 0.1) is 13.8 Å². The van der Waals surface area contributed by atoms with Crippen LogP contribution in [0.3, 0.4) is 0 Å². The maximum absolute atomic E-state index is 13.2. The summed E-state index contributed by atoms with van der Waals surface area (Å²) >= 11 is 5.57. The second kappa shape index (κ2) is 6.99. The van der Waals surface area contributed by atoms with Crippen molar-refractivity contribution in [2.75, 3.05) is 0 Å². The molecule has 0 aliphatic rings. The highest BCUT2D eigenvalue weighted by Crippen LogP contribution is 2.42. The number of carbonyl (C=O) groups excluding carboxylic acids is 1. The van der Waals surface area contributed by atoms with E-state index >= 15 is 0 Å². The van der Waals surface area contributed by atoms with E-state index in [0.29, 0.717) is 0 Å². The highest BCUT2D eigenvalue weighted by molar-refractivity contribution is 9.11. The van der Waals surface area contributed by atoms with Gasteiger partial charge in [0.25, 0.3) is 0 Å². The fraction of sp³-hybridized carbons (Fsp3) is 0.235. The minimum atomic E-state index is -4.72. The van der Waals surface area contributed by atoms with E-state index in [2.05, 4.69) is 31.9 Å².